The maximum Gasteiger partial charge on any atom is 0.140 e. The molecule has 1 aliphatic heterocycles. The predicted octanol–water partition coefficient (Wildman–Crippen LogP) is 4.98. The van der Waals surface area contributed by atoms with Crippen molar-refractivity contribution in [2.75, 3.05) is 12.3 Å². The van der Waals surface area contributed by atoms with Crippen LogP contribution in [0.5, 0.6) is 0 Å². The van der Waals surface area contributed by atoms with Gasteiger partial charge in [-0.15, -0.1) is 11.3 Å². The summed E-state index contributed by atoms with van der Waals surface area (Å²) in [6.07, 6.45) is 4.09. The van der Waals surface area contributed by atoms with E-state index in [0.717, 1.165) is 29.0 Å². The Morgan fingerprint density at radius 1 is 1.50 bits per heavy atom. The molecule has 1 atom stereocenters. The molecule has 0 saturated heterocycles. The number of aryl methyl sites for hydroxylation is 1. The van der Waals surface area contributed by atoms with E-state index >= 15 is 0 Å². The number of halogens is 1. The van der Waals surface area contributed by atoms with Crippen LogP contribution in [0.2, 0.25) is 0 Å². The van der Waals surface area contributed by atoms with Crippen molar-refractivity contribution in [1.29, 1.82) is 0 Å². The molecule has 108 valence electrons. The number of hydrogen-bond acceptors (Lipinski definition) is 4. The fourth-order valence-corrected chi connectivity index (χ4v) is 5.32. The molecule has 0 saturated carbocycles. The van der Waals surface area contributed by atoms with Crippen LogP contribution in [0, 0.1) is 0 Å². The third-order valence-electron chi connectivity index (χ3n) is 3.44. The van der Waals surface area contributed by atoms with Crippen LogP contribution in [0.3, 0.4) is 0 Å². The van der Waals surface area contributed by atoms with Crippen LogP contribution in [-0.2, 0) is 12.2 Å². The highest BCUT2D eigenvalue weighted by atomic mass is 79.9. The maximum atomic E-state index is 5.70. The molecule has 20 heavy (non-hydrogen) atoms. The van der Waals surface area contributed by atoms with Gasteiger partial charge in [0, 0.05) is 15.5 Å². The molecule has 1 aliphatic rings. The minimum Gasteiger partial charge on any atom is -0.466 e. The van der Waals surface area contributed by atoms with E-state index in [-0.39, 0.29) is 6.04 Å². The van der Waals surface area contributed by atoms with Gasteiger partial charge in [0.05, 0.1) is 10.7 Å². The highest BCUT2D eigenvalue weighted by molar-refractivity contribution is 9.10. The fraction of sp³-hybridized carbons (Fsp3) is 0.467. The average molecular weight is 372 g/mol. The molecule has 0 radical (unpaired) electrons. The monoisotopic (exact) mass is 371 g/mol. The lowest BCUT2D eigenvalue weighted by atomic mass is 10.1. The van der Waals surface area contributed by atoms with Crippen molar-refractivity contribution in [3.05, 3.63) is 43.9 Å². The van der Waals surface area contributed by atoms with Crippen molar-refractivity contribution >= 4 is 39.0 Å². The zero-order valence-electron chi connectivity index (χ0n) is 11.4. The molecule has 0 fully saturated rings. The number of thiophene rings is 1. The molecule has 0 aromatic carbocycles. The van der Waals surface area contributed by atoms with E-state index in [1.807, 2.05) is 29.2 Å². The minimum absolute atomic E-state index is 0.167. The number of fused-ring (bicyclic) bond motifs is 1. The molecular weight excluding hydrogens is 354 g/mol. The molecule has 2 nitrogen and oxygen atoms in total. The van der Waals surface area contributed by atoms with Crippen molar-refractivity contribution in [1.82, 2.24) is 5.32 Å². The zero-order valence-corrected chi connectivity index (χ0v) is 14.7. The minimum atomic E-state index is 0.167. The second-order valence-electron chi connectivity index (χ2n) is 4.92. The first-order chi connectivity index (χ1) is 9.79. The van der Waals surface area contributed by atoms with Gasteiger partial charge >= 0.3 is 0 Å². The van der Waals surface area contributed by atoms with Gasteiger partial charge in [0.25, 0.3) is 0 Å². The van der Waals surface area contributed by atoms with Gasteiger partial charge in [-0.3, -0.25) is 0 Å². The van der Waals surface area contributed by atoms with E-state index < -0.39 is 0 Å². The van der Waals surface area contributed by atoms with Crippen molar-refractivity contribution in [3.8, 4) is 0 Å². The topological polar surface area (TPSA) is 25.2 Å². The Kier molecular flexibility index (Phi) is 4.91. The molecule has 0 bridgehead atoms. The first-order valence-electron chi connectivity index (χ1n) is 6.95. The van der Waals surface area contributed by atoms with Gasteiger partial charge in [0.1, 0.15) is 11.8 Å². The van der Waals surface area contributed by atoms with E-state index in [1.54, 1.807) is 11.1 Å². The summed E-state index contributed by atoms with van der Waals surface area (Å²) >= 11 is 7.57. The summed E-state index contributed by atoms with van der Waals surface area (Å²) in [5.41, 5.74) is 1.52. The summed E-state index contributed by atoms with van der Waals surface area (Å²) < 4.78 is 6.75. The zero-order chi connectivity index (χ0) is 13.9. The molecule has 2 aromatic heterocycles. The van der Waals surface area contributed by atoms with Gasteiger partial charge < -0.3 is 9.73 Å². The fourth-order valence-electron chi connectivity index (χ4n) is 2.44. The van der Waals surface area contributed by atoms with E-state index in [4.69, 9.17) is 4.42 Å². The summed E-state index contributed by atoms with van der Waals surface area (Å²) in [6.45, 7) is 3.19. The molecule has 5 heteroatoms. The lowest BCUT2D eigenvalue weighted by Crippen LogP contribution is -2.22. The summed E-state index contributed by atoms with van der Waals surface area (Å²) in [4.78, 5) is 2.94. The molecule has 0 spiro atoms. The lowest BCUT2D eigenvalue weighted by Gasteiger charge is -2.15. The predicted molar refractivity (Wildman–Crippen MR) is 90.7 cm³/mol. The van der Waals surface area contributed by atoms with Gasteiger partial charge in [-0.05, 0) is 58.8 Å². The lowest BCUT2D eigenvalue weighted by molar-refractivity contribution is 0.447. The van der Waals surface area contributed by atoms with Crippen LogP contribution < -0.4 is 5.32 Å². The Hall–Kier alpha value is -0.230. The molecule has 0 amide bonds. The number of thioether (sulfide) groups is 1. The molecule has 3 rings (SSSR count). The quantitative estimate of drug-likeness (QED) is 0.801. The third-order valence-corrected chi connectivity index (χ3v) is 6.40. The SMILES string of the molecule is CCCNC(c1cc2c(s1)CCSC2)c1occc1Br. The standard InChI is InChI=1S/C15H18BrNOS2/c1-2-5-17-14(15-11(16)3-6-18-15)13-8-10-9-19-7-4-12(10)20-13/h3,6,8,14,17H,2,4-5,7,9H2,1H3. The average Bonchev–Trinajstić information content (AvgIpc) is 3.06. The molecule has 1 N–H and O–H groups in total. The van der Waals surface area contributed by atoms with Gasteiger partial charge in [-0.2, -0.15) is 11.8 Å². The number of nitrogens with one attached hydrogen (secondary N) is 1. The van der Waals surface area contributed by atoms with Crippen LogP contribution in [-0.4, -0.2) is 12.3 Å². The van der Waals surface area contributed by atoms with Gasteiger partial charge in [0.2, 0.25) is 0 Å². The van der Waals surface area contributed by atoms with Crippen molar-refractivity contribution in [2.24, 2.45) is 0 Å². The van der Waals surface area contributed by atoms with Crippen LogP contribution in [0.25, 0.3) is 0 Å². The van der Waals surface area contributed by atoms with Crippen LogP contribution in [0.15, 0.2) is 27.3 Å². The van der Waals surface area contributed by atoms with Crippen molar-refractivity contribution in [2.45, 2.75) is 31.6 Å². The molecule has 0 aliphatic carbocycles. The van der Waals surface area contributed by atoms with Crippen LogP contribution in [0.1, 0.15) is 40.5 Å². The summed E-state index contributed by atoms with van der Waals surface area (Å²) in [6, 6.07) is 4.51. The Morgan fingerprint density at radius 3 is 3.10 bits per heavy atom. The van der Waals surface area contributed by atoms with E-state index in [1.165, 1.54) is 22.6 Å². The smallest absolute Gasteiger partial charge is 0.140 e. The van der Waals surface area contributed by atoms with E-state index in [2.05, 4.69) is 34.2 Å². The molecule has 3 heterocycles. The van der Waals surface area contributed by atoms with Crippen LogP contribution in [0.4, 0.5) is 0 Å². The van der Waals surface area contributed by atoms with E-state index in [0.29, 0.717) is 0 Å². The van der Waals surface area contributed by atoms with Crippen LogP contribution >= 0.6 is 39.0 Å². The maximum absolute atomic E-state index is 5.70. The summed E-state index contributed by atoms with van der Waals surface area (Å²) in [5.74, 6) is 3.40. The van der Waals surface area contributed by atoms with Gasteiger partial charge in [-0.1, -0.05) is 6.92 Å². The van der Waals surface area contributed by atoms with Crippen molar-refractivity contribution < 1.29 is 4.42 Å². The molecule has 1 unspecified atom stereocenters. The Balaban J connectivity index is 1.92. The second kappa shape index (κ2) is 6.69. The Bertz CT molecular complexity index is 555. The normalized spacial score (nSPS) is 16.1. The highest BCUT2D eigenvalue weighted by Gasteiger charge is 2.24. The molecule has 2 aromatic rings. The second-order valence-corrected chi connectivity index (χ2v) is 8.05. The number of hydrogen-bond donors (Lipinski definition) is 1. The first-order valence-corrected chi connectivity index (χ1v) is 9.71. The van der Waals surface area contributed by atoms with Crippen molar-refractivity contribution in [3.63, 3.8) is 0 Å². The van der Waals surface area contributed by atoms with Gasteiger partial charge in [0.15, 0.2) is 0 Å². The first kappa shape index (κ1) is 14.7. The number of rotatable bonds is 5. The highest BCUT2D eigenvalue weighted by Crippen LogP contribution is 2.38. The Morgan fingerprint density at radius 2 is 2.40 bits per heavy atom. The largest absolute Gasteiger partial charge is 0.466 e. The summed E-state index contributed by atoms with van der Waals surface area (Å²) in [7, 11) is 0. The third kappa shape index (κ3) is 3.01. The molecular formula is C15H18BrNOS2. The van der Waals surface area contributed by atoms with E-state index in [9.17, 15) is 0 Å². The summed E-state index contributed by atoms with van der Waals surface area (Å²) in [5, 5.41) is 3.62. The Labute approximate surface area is 136 Å². The van der Waals surface area contributed by atoms with Gasteiger partial charge in [-0.25, -0.2) is 0 Å². The number of furan rings is 1.